The summed E-state index contributed by atoms with van der Waals surface area (Å²) < 4.78 is 0. The molecule has 1 heterocycles. The summed E-state index contributed by atoms with van der Waals surface area (Å²) in [6.45, 7) is 0.621. The fourth-order valence-electron chi connectivity index (χ4n) is 1.88. The third kappa shape index (κ3) is 2.88. The molecule has 19 heavy (non-hydrogen) atoms. The van der Waals surface area contributed by atoms with Crippen LogP contribution in [0.25, 0.3) is 0 Å². The zero-order valence-corrected chi connectivity index (χ0v) is 10.5. The summed E-state index contributed by atoms with van der Waals surface area (Å²) in [6, 6.07) is 13.4. The van der Waals surface area contributed by atoms with Gasteiger partial charge in [-0.15, -0.1) is 0 Å². The van der Waals surface area contributed by atoms with Crippen molar-refractivity contribution in [1.29, 1.82) is 10.5 Å². The molecule has 0 fully saturated rings. The number of aromatic nitrogens is 1. The van der Waals surface area contributed by atoms with Crippen LogP contribution < -0.4 is 4.90 Å². The molecule has 0 aliphatic rings. The lowest BCUT2D eigenvalue weighted by atomic mass is 10.1. The van der Waals surface area contributed by atoms with Gasteiger partial charge in [0.15, 0.2) is 0 Å². The molecule has 0 saturated heterocycles. The molecule has 4 heteroatoms. The molecule has 0 aliphatic heterocycles. The number of hydrogen-bond donors (Lipinski definition) is 0. The maximum Gasteiger partial charge on any atom is 0.101 e. The second-order valence-electron chi connectivity index (χ2n) is 4.17. The van der Waals surface area contributed by atoms with Gasteiger partial charge in [-0.1, -0.05) is 12.1 Å². The molecule has 0 aliphatic carbocycles. The Balaban J connectivity index is 2.24. The molecule has 1 aromatic carbocycles. The number of pyridine rings is 1. The third-order valence-corrected chi connectivity index (χ3v) is 2.81. The highest BCUT2D eigenvalue weighted by atomic mass is 15.1. The van der Waals surface area contributed by atoms with Gasteiger partial charge in [0.05, 0.1) is 29.1 Å². The summed E-state index contributed by atoms with van der Waals surface area (Å²) in [5.74, 6) is 0. The number of nitriles is 2. The van der Waals surface area contributed by atoms with Gasteiger partial charge in [0.1, 0.15) is 6.07 Å². The second kappa shape index (κ2) is 5.66. The van der Waals surface area contributed by atoms with E-state index in [4.69, 9.17) is 10.5 Å². The average molecular weight is 248 g/mol. The van der Waals surface area contributed by atoms with E-state index in [0.29, 0.717) is 17.7 Å². The van der Waals surface area contributed by atoms with Gasteiger partial charge >= 0.3 is 0 Å². The van der Waals surface area contributed by atoms with E-state index in [0.717, 1.165) is 11.3 Å². The van der Waals surface area contributed by atoms with Crippen LogP contribution in [0.1, 0.15) is 16.7 Å². The Kier molecular flexibility index (Phi) is 3.75. The average Bonchev–Trinajstić information content (AvgIpc) is 2.47. The first-order valence-electron chi connectivity index (χ1n) is 5.79. The van der Waals surface area contributed by atoms with Crippen molar-refractivity contribution in [3.63, 3.8) is 0 Å². The highest BCUT2D eigenvalue weighted by molar-refractivity contribution is 5.57. The third-order valence-electron chi connectivity index (χ3n) is 2.81. The highest BCUT2D eigenvalue weighted by Crippen LogP contribution is 2.19. The van der Waals surface area contributed by atoms with Crippen LogP contribution in [0.15, 0.2) is 42.7 Å². The fourth-order valence-corrected chi connectivity index (χ4v) is 1.88. The molecule has 4 nitrogen and oxygen atoms in total. The van der Waals surface area contributed by atoms with Crippen molar-refractivity contribution < 1.29 is 0 Å². The first-order chi connectivity index (χ1) is 9.24. The van der Waals surface area contributed by atoms with Crippen molar-refractivity contribution in [1.82, 2.24) is 4.98 Å². The SMILES string of the molecule is CN(Cc1cccc(C#N)c1)c1cnccc1C#N. The second-order valence-corrected chi connectivity index (χ2v) is 4.17. The Morgan fingerprint density at radius 3 is 2.79 bits per heavy atom. The fraction of sp³-hybridized carbons (Fsp3) is 0.133. The minimum atomic E-state index is 0.592. The zero-order valence-electron chi connectivity index (χ0n) is 10.5. The standard InChI is InChI=1S/C15H12N4/c1-19(15-10-18-6-5-14(15)9-17)11-13-4-2-3-12(7-13)8-16/h2-7,10H,11H2,1H3. The van der Waals surface area contributed by atoms with Crippen LogP contribution in [0.2, 0.25) is 0 Å². The molecule has 92 valence electrons. The van der Waals surface area contributed by atoms with Crippen LogP contribution in [0, 0.1) is 22.7 Å². The van der Waals surface area contributed by atoms with Gasteiger partial charge in [-0.05, 0) is 23.8 Å². The smallest absolute Gasteiger partial charge is 0.101 e. The topological polar surface area (TPSA) is 63.7 Å². The lowest BCUT2D eigenvalue weighted by Crippen LogP contribution is -2.17. The molecule has 0 N–H and O–H groups in total. The molecule has 1 aromatic heterocycles. The summed E-state index contributed by atoms with van der Waals surface area (Å²) in [7, 11) is 1.90. The van der Waals surface area contributed by atoms with E-state index in [1.165, 1.54) is 0 Å². The maximum atomic E-state index is 9.07. The predicted molar refractivity (Wildman–Crippen MR) is 72.2 cm³/mol. The Bertz CT molecular complexity index is 664. The Morgan fingerprint density at radius 2 is 2.05 bits per heavy atom. The van der Waals surface area contributed by atoms with E-state index >= 15 is 0 Å². The van der Waals surface area contributed by atoms with Crippen molar-refractivity contribution in [2.75, 3.05) is 11.9 Å². The van der Waals surface area contributed by atoms with Crippen molar-refractivity contribution in [2.24, 2.45) is 0 Å². The van der Waals surface area contributed by atoms with Gasteiger partial charge < -0.3 is 4.90 Å². The largest absolute Gasteiger partial charge is 0.368 e. The molecule has 2 aromatic rings. The monoisotopic (exact) mass is 248 g/mol. The van der Waals surface area contributed by atoms with Gasteiger partial charge in [0, 0.05) is 19.8 Å². The van der Waals surface area contributed by atoms with Crippen LogP contribution in [-0.4, -0.2) is 12.0 Å². The molecule has 0 bridgehead atoms. The first-order valence-corrected chi connectivity index (χ1v) is 5.79. The normalized spacial score (nSPS) is 9.42. The van der Waals surface area contributed by atoms with Crippen LogP contribution in [0.5, 0.6) is 0 Å². The Labute approximate surface area is 112 Å². The molecule has 0 amide bonds. The van der Waals surface area contributed by atoms with Crippen LogP contribution in [0.3, 0.4) is 0 Å². The number of nitrogens with zero attached hydrogens (tertiary/aromatic N) is 4. The molecule has 0 unspecified atom stereocenters. The van der Waals surface area contributed by atoms with Crippen LogP contribution >= 0.6 is 0 Å². The molecular weight excluding hydrogens is 236 g/mol. The van der Waals surface area contributed by atoms with Gasteiger partial charge in [-0.2, -0.15) is 10.5 Å². The summed E-state index contributed by atoms with van der Waals surface area (Å²) in [5.41, 5.74) is 3.04. The van der Waals surface area contributed by atoms with E-state index in [1.54, 1.807) is 24.5 Å². The van der Waals surface area contributed by atoms with Gasteiger partial charge in [-0.3, -0.25) is 4.98 Å². The number of benzene rings is 1. The lowest BCUT2D eigenvalue weighted by Gasteiger charge is -2.20. The lowest BCUT2D eigenvalue weighted by molar-refractivity contribution is 0.915. The number of rotatable bonds is 3. The van der Waals surface area contributed by atoms with E-state index < -0.39 is 0 Å². The molecule has 0 spiro atoms. The quantitative estimate of drug-likeness (QED) is 0.837. The zero-order chi connectivity index (χ0) is 13.7. The number of hydrogen-bond acceptors (Lipinski definition) is 4. The van der Waals surface area contributed by atoms with Crippen LogP contribution in [-0.2, 0) is 6.54 Å². The molecule has 2 rings (SSSR count). The first kappa shape index (κ1) is 12.6. The molecular formula is C15H12N4. The van der Waals surface area contributed by atoms with E-state index in [9.17, 15) is 0 Å². The van der Waals surface area contributed by atoms with Crippen molar-refractivity contribution in [2.45, 2.75) is 6.54 Å². The summed E-state index contributed by atoms with van der Waals surface area (Å²) in [4.78, 5) is 5.99. The molecule has 0 radical (unpaired) electrons. The minimum Gasteiger partial charge on any atom is -0.368 e. The Hall–Kier alpha value is -2.85. The van der Waals surface area contributed by atoms with Crippen molar-refractivity contribution in [3.05, 3.63) is 59.4 Å². The van der Waals surface area contributed by atoms with Gasteiger partial charge in [-0.25, -0.2) is 0 Å². The summed E-state index contributed by atoms with van der Waals surface area (Å²) in [5, 5.41) is 17.9. The van der Waals surface area contributed by atoms with Gasteiger partial charge in [0.2, 0.25) is 0 Å². The minimum absolute atomic E-state index is 0.592. The maximum absolute atomic E-state index is 9.07. The number of anilines is 1. The van der Waals surface area contributed by atoms with E-state index in [2.05, 4.69) is 17.1 Å². The van der Waals surface area contributed by atoms with Crippen molar-refractivity contribution in [3.8, 4) is 12.1 Å². The van der Waals surface area contributed by atoms with Crippen LogP contribution in [0.4, 0.5) is 5.69 Å². The molecule has 0 saturated carbocycles. The molecule has 0 atom stereocenters. The summed E-state index contributed by atoms with van der Waals surface area (Å²) >= 11 is 0. The summed E-state index contributed by atoms with van der Waals surface area (Å²) in [6.07, 6.45) is 3.28. The highest BCUT2D eigenvalue weighted by Gasteiger charge is 2.08. The predicted octanol–water partition coefficient (Wildman–Crippen LogP) is 2.46. The van der Waals surface area contributed by atoms with E-state index in [-0.39, 0.29) is 0 Å². The van der Waals surface area contributed by atoms with E-state index in [1.807, 2.05) is 30.1 Å². The van der Waals surface area contributed by atoms with Gasteiger partial charge in [0.25, 0.3) is 0 Å². The Morgan fingerprint density at radius 1 is 1.21 bits per heavy atom. The van der Waals surface area contributed by atoms with Crippen molar-refractivity contribution >= 4 is 5.69 Å².